The molecule has 1 aromatic carbocycles. The van der Waals surface area contributed by atoms with Gasteiger partial charge in [0.1, 0.15) is 11.9 Å². The van der Waals surface area contributed by atoms with Gasteiger partial charge in [0.05, 0.1) is 17.9 Å². The van der Waals surface area contributed by atoms with Crippen LogP contribution in [0, 0.1) is 6.92 Å². The molecule has 0 fully saturated rings. The molecule has 0 saturated carbocycles. The van der Waals surface area contributed by atoms with Crippen LogP contribution < -0.4 is 19.9 Å². The van der Waals surface area contributed by atoms with Gasteiger partial charge in [-0.3, -0.25) is 9.78 Å². The van der Waals surface area contributed by atoms with Crippen LogP contribution in [0.25, 0.3) is 0 Å². The number of likely N-dealkylation sites (N-methyl/N-ethyl adjacent to an activating group) is 1. The number of anilines is 2. The SMILES string of the molecule is CNC(=O)OCCC(Oc1cccc(N2CCN(C)c3cc(C)ncc3C2=O)c1)c1cccs1. The predicted molar refractivity (Wildman–Crippen MR) is 133 cm³/mol. The van der Waals surface area contributed by atoms with Gasteiger partial charge in [-0.2, -0.15) is 0 Å². The van der Waals surface area contributed by atoms with E-state index >= 15 is 0 Å². The number of aromatic nitrogens is 1. The van der Waals surface area contributed by atoms with Gasteiger partial charge in [0, 0.05) is 62.1 Å². The second kappa shape index (κ2) is 10.6. The smallest absolute Gasteiger partial charge is 0.406 e. The molecule has 1 N–H and O–H groups in total. The Kier molecular flexibility index (Phi) is 7.32. The number of aryl methyl sites for hydroxylation is 1. The third-order valence-electron chi connectivity index (χ3n) is 5.65. The summed E-state index contributed by atoms with van der Waals surface area (Å²) in [7, 11) is 3.51. The standard InChI is InChI=1S/C25H28N4O4S/c1-17-14-21-20(16-27-17)24(30)29(11-10-28(21)3)18-6-4-7-19(15-18)33-22(23-8-5-13-34-23)9-12-32-25(31)26-2/h4-8,13-16,22H,9-12H2,1-3H3,(H,26,31). The largest absolute Gasteiger partial charge is 0.485 e. The first kappa shape index (κ1) is 23.6. The molecule has 0 spiro atoms. The highest BCUT2D eigenvalue weighted by Gasteiger charge is 2.27. The maximum Gasteiger partial charge on any atom is 0.406 e. The van der Waals surface area contributed by atoms with Crippen molar-refractivity contribution >= 4 is 34.7 Å². The number of thiophene rings is 1. The fourth-order valence-electron chi connectivity index (χ4n) is 3.84. The molecule has 0 aliphatic carbocycles. The zero-order chi connectivity index (χ0) is 24.1. The molecule has 1 aliphatic heterocycles. The predicted octanol–water partition coefficient (Wildman–Crippen LogP) is 4.41. The highest BCUT2D eigenvalue weighted by molar-refractivity contribution is 7.10. The quantitative estimate of drug-likeness (QED) is 0.539. The zero-order valence-electron chi connectivity index (χ0n) is 19.5. The number of fused-ring (bicyclic) bond motifs is 1. The molecular weight excluding hydrogens is 452 g/mol. The fraction of sp³-hybridized carbons (Fsp3) is 0.320. The van der Waals surface area contributed by atoms with Gasteiger partial charge in [-0.05, 0) is 36.6 Å². The number of ether oxygens (including phenoxy) is 2. The van der Waals surface area contributed by atoms with Crippen molar-refractivity contribution in [3.8, 4) is 5.75 Å². The molecule has 3 aromatic rings. The van der Waals surface area contributed by atoms with Crippen molar-refractivity contribution in [2.75, 3.05) is 43.6 Å². The number of carbonyl (C=O) groups is 2. The molecule has 34 heavy (non-hydrogen) atoms. The average molecular weight is 481 g/mol. The maximum absolute atomic E-state index is 13.4. The first-order valence-corrected chi connectivity index (χ1v) is 12.0. The van der Waals surface area contributed by atoms with Crippen LogP contribution in [0.4, 0.5) is 16.2 Å². The van der Waals surface area contributed by atoms with E-state index in [9.17, 15) is 9.59 Å². The van der Waals surface area contributed by atoms with E-state index in [0.29, 0.717) is 30.8 Å². The van der Waals surface area contributed by atoms with Crippen molar-refractivity contribution < 1.29 is 19.1 Å². The topological polar surface area (TPSA) is 84.0 Å². The summed E-state index contributed by atoms with van der Waals surface area (Å²) in [6.07, 6.45) is 1.41. The van der Waals surface area contributed by atoms with Crippen molar-refractivity contribution in [1.82, 2.24) is 10.3 Å². The minimum Gasteiger partial charge on any atom is -0.485 e. The van der Waals surface area contributed by atoms with E-state index in [4.69, 9.17) is 9.47 Å². The second-order valence-corrected chi connectivity index (χ2v) is 8.99. The Bertz CT molecular complexity index is 1150. The van der Waals surface area contributed by atoms with Gasteiger partial charge in [0.25, 0.3) is 5.91 Å². The molecular formula is C25H28N4O4S. The molecule has 0 bridgehead atoms. The number of alkyl carbamates (subject to hydrolysis) is 1. The number of amides is 2. The van der Waals surface area contributed by atoms with Gasteiger partial charge in [-0.25, -0.2) is 4.79 Å². The van der Waals surface area contributed by atoms with E-state index in [1.165, 1.54) is 7.05 Å². The first-order chi connectivity index (χ1) is 16.5. The van der Waals surface area contributed by atoms with Crippen LogP contribution in [0.15, 0.2) is 54.0 Å². The number of benzene rings is 1. The first-order valence-electron chi connectivity index (χ1n) is 11.1. The molecule has 0 radical (unpaired) electrons. The Hall–Kier alpha value is -3.59. The summed E-state index contributed by atoms with van der Waals surface area (Å²) >= 11 is 1.59. The summed E-state index contributed by atoms with van der Waals surface area (Å²) in [6, 6.07) is 13.5. The van der Waals surface area contributed by atoms with E-state index in [2.05, 4.69) is 15.2 Å². The van der Waals surface area contributed by atoms with E-state index in [0.717, 1.165) is 21.9 Å². The molecule has 1 atom stereocenters. The van der Waals surface area contributed by atoms with Crippen molar-refractivity contribution in [3.05, 3.63) is 70.2 Å². The van der Waals surface area contributed by atoms with Crippen LogP contribution in [-0.4, -0.2) is 50.8 Å². The number of nitrogens with zero attached hydrogens (tertiary/aromatic N) is 3. The number of hydrogen-bond acceptors (Lipinski definition) is 7. The highest BCUT2D eigenvalue weighted by Crippen LogP contribution is 2.32. The van der Waals surface area contributed by atoms with Crippen LogP contribution in [-0.2, 0) is 4.74 Å². The number of nitrogens with one attached hydrogen (secondary N) is 1. The van der Waals surface area contributed by atoms with Crippen molar-refractivity contribution in [3.63, 3.8) is 0 Å². The average Bonchev–Trinajstić information content (AvgIpc) is 3.34. The molecule has 8 nitrogen and oxygen atoms in total. The van der Waals surface area contributed by atoms with Crippen LogP contribution in [0.5, 0.6) is 5.75 Å². The highest BCUT2D eigenvalue weighted by atomic mass is 32.1. The number of rotatable bonds is 7. The van der Waals surface area contributed by atoms with Crippen molar-refractivity contribution in [1.29, 1.82) is 0 Å². The minimum absolute atomic E-state index is 0.0854. The summed E-state index contributed by atoms with van der Waals surface area (Å²) in [4.78, 5) is 34.1. The summed E-state index contributed by atoms with van der Waals surface area (Å²) in [5, 5.41) is 4.43. The lowest BCUT2D eigenvalue weighted by atomic mass is 10.1. The molecule has 2 aromatic heterocycles. The van der Waals surface area contributed by atoms with Gasteiger partial charge in [0.2, 0.25) is 0 Å². The summed E-state index contributed by atoms with van der Waals surface area (Å²) in [6.45, 7) is 3.39. The molecule has 0 saturated heterocycles. The van der Waals surface area contributed by atoms with Crippen LogP contribution >= 0.6 is 11.3 Å². The molecule has 2 amide bonds. The van der Waals surface area contributed by atoms with Crippen LogP contribution in [0.3, 0.4) is 0 Å². The van der Waals surface area contributed by atoms with Gasteiger partial charge in [-0.15, -0.1) is 11.3 Å². The normalized spacial score (nSPS) is 14.3. The number of hydrogen-bond donors (Lipinski definition) is 1. The Balaban J connectivity index is 1.55. The van der Waals surface area contributed by atoms with Gasteiger partial charge in [-0.1, -0.05) is 12.1 Å². The molecule has 1 aliphatic rings. The van der Waals surface area contributed by atoms with Gasteiger partial charge < -0.3 is 24.6 Å². The lowest BCUT2D eigenvalue weighted by molar-refractivity contribution is 0.0990. The van der Waals surface area contributed by atoms with E-state index < -0.39 is 6.09 Å². The van der Waals surface area contributed by atoms with Crippen molar-refractivity contribution in [2.45, 2.75) is 19.4 Å². The Morgan fingerprint density at radius 3 is 2.85 bits per heavy atom. The Morgan fingerprint density at radius 1 is 1.24 bits per heavy atom. The Morgan fingerprint density at radius 2 is 2.09 bits per heavy atom. The molecule has 1 unspecified atom stereocenters. The number of carbonyl (C=O) groups excluding carboxylic acids is 2. The zero-order valence-corrected chi connectivity index (χ0v) is 20.3. The van der Waals surface area contributed by atoms with E-state index in [1.807, 2.05) is 61.8 Å². The minimum atomic E-state index is -0.471. The maximum atomic E-state index is 13.4. The third kappa shape index (κ3) is 5.31. The molecule has 178 valence electrons. The van der Waals surface area contributed by atoms with E-state index in [-0.39, 0.29) is 18.6 Å². The van der Waals surface area contributed by atoms with Gasteiger partial charge in [0.15, 0.2) is 0 Å². The second-order valence-electron chi connectivity index (χ2n) is 8.02. The van der Waals surface area contributed by atoms with Crippen LogP contribution in [0.2, 0.25) is 0 Å². The lowest BCUT2D eigenvalue weighted by Gasteiger charge is -2.23. The van der Waals surface area contributed by atoms with Gasteiger partial charge >= 0.3 is 6.09 Å². The fourth-order valence-corrected chi connectivity index (χ4v) is 4.63. The summed E-state index contributed by atoms with van der Waals surface area (Å²) < 4.78 is 11.5. The monoisotopic (exact) mass is 480 g/mol. The van der Waals surface area contributed by atoms with E-state index in [1.54, 1.807) is 22.4 Å². The third-order valence-corrected chi connectivity index (χ3v) is 6.61. The molecule has 9 heteroatoms. The summed E-state index contributed by atoms with van der Waals surface area (Å²) in [5.41, 5.74) is 3.11. The lowest BCUT2D eigenvalue weighted by Crippen LogP contribution is -2.33. The summed E-state index contributed by atoms with van der Waals surface area (Å²) in [5.74, 6) is 0.557. The Labute approximate surface area is 203 Å². The molecule has 4 rings (SSSR count). The molecule has 3 heterocycles. The van der Waals surface area contributed by atoms with Crippen LogP contribution in [0.1, 0.15) is 33.5 Å². The van der Waals surface area contributed by atoms with Crippen molar-refractivity contribution in [2.24, 2.45) is 0 Å². The number of pyridine rings is 1.